The molecule has 278 valence electrons. The van der Waals surface area contributed by atoms with Crippen molar-refractivity contribution in [2.45, 2.75) is 80.9 Å². The Morgan fingerprint density at radius 2 is 1.14 bits per heavy atom. The SMILES string of the molecule is COC(Cl)Cl.FC(F)(F)C1CCC(Oc2ccc3ccc(Br)cc3c2)CC1.O=Cc1c(OC2CCC(C(F)(F)F)CC2)ccc2ccc(Br)cc12. The predicted octanol–water partition coefficient (Wildman–Crippen LogP) is 13.4. The second-order valence-corrected chi connectivity index (χ2v) is 15.2. The summed E-state index contributed by atoms with van der Waals surface area (Å²) in [5, 5.41) is 3.16. The molecule has 4 nitrogen and oxygen atoms in total. The summed E-state index contributed by atoms with van der Waals surface area (Å²) in [6.45, 7) is 0. The van der Waals surface area contributed by atoms with E-state index in [0.29, 0.717) is 37.0 Å². The minimum atomic E-state index is -4.13. The van der Waals surface area contributed by atoms with E-state index in [1.807, 2.05) is 60.7 Å². The highest BCUT2D eigenvalue weighted by molar-refractivity contribution is 9.10. The van der Waals surface area contributed by atoms with Crippen molar-refractivity contribution in [1.29, 1.82) is 0 Å². The van der Waals surface area contributed by atoms with Crippen molar-refractivity contribution in [3.05, 3.63) is 81.2 Å². The fraction of sp³-hybridized carbons (Fsp3) is 0.432. The van der Waals surface area contributed by atoms with Gasteiger partial charge in [-0.3, -0.25) is 4.79 Å². The van der Waals surface area contributed by atoms with E-state index < -0.39 is 29.2 Å². The Hall–Kier alpha value is -2.25. The van der Waals surface area contributed by atoms with Gasteiger partial charge in [0.15, 0.2) is 6.29 Å². The van der Waals surface area contributed by atoms with Crippen LogP contribution < -0.4 is 9.47 Å². The van der Waals surface area contributed by atoms with Crippen LogP contribution in [-0.4, -0.2) is 43.0 Å². The van der Waals surface area contributed by atoms with Gasteiger partial charge in [0.2, 0.25) is 5.02 Å². The average molecular weight is 889 g/mol. The van der Waals surface area contributed by atoms with Crippen LogP contribution in [0.1, 0.15) is 61.7 Å². The van der Waals surface area contributed by atoms with Crippen LogP contribution in [-0.2, 0) is 4.74 Å². The lowest BCUT2D eigenvalue weighted by atomic mass is 9.87. The van der Waals surface area contributed by atoms with E-state index in [0.717, 1.165) is 42.5 Å². The van der Waals surface area contributed by atoms with Gasteiger partial charge in [-0.1, -0.05) is 79.3 Å². The second kappa shape index (κ2) is 18.7. The van der Waals surface area contributed by atoms with Crippen LogP contribution in [0.3, 0.4) is 0 Å². The van der Waals surface area contributed by atoms with Gasteiger partial charge in [-0.2, -0.15) is 26.3 Å². The number of hydrogen-bond acceptors (Lipinski definition) is 4. The molecule has 6 rings (SSSR count). The van der Waals surface area contributed by atoms with E-state index in [1.165, 1.54) is 7.11 Å². The Bertz CT molecular complexity index is 1740. The molecular weight excluding hydrogens is 853 g/mol. The molecule has 14 heteroatoms. The van der Waals surface area contributed by atoms with Crippen molar-refractivity contribution in [3.8, 4) is 11.5 Å². The quantitative estimate of drug-likeness (QED) is 0.110. The first-order chi connectivity index (χ1) is 24.1. The molecule has 2 aliphatic carbocycles. The van der Waals surface area contributed by atoms with Gasteiger partial charge in [0.1, 0.15) is 11.5 Å². The average Bonchev–Trinajstić information content (AvgIpc) is 3.08. The number of carbonyl (C=O) groups excluding carboxylic acids is 1. The summed E-state index contributed by atoms with van der Waals surface area (Å²) in [5.41, 5.74) is 0.437. The Kier molecular flexibility index (Phi) is 15.2. The third kappa shape index (κ3) is 12.4. The first-order valence-electron chi connectivity index (χ1n) is 16.2. The second-order valence-electron chi connectivity index (χ2n) is 12.4. The Balaban J connectivity index is 0.000000203. The third-order valence-electron chi connectivity index (χ3n) is 8.93. The molecule has 2 aliphatic rings. The molecule has 0 radical (unpaired) electrons. The molecule has 0 bridgehead atoms. The zero-order chi connectivity index (χ0) is 37.3. The van der Waals surface area contributed by atoms with Crippen LogP contribution in [0.5, 0.6) is 11.5 Å². The molecule has 4 aromatic carbocycles. The van der Waals surface area contributed by atoms with Crippen molar-refractivity contribution in [1.82, 2.24) is 0 Å². The van der Waals surface area contributed by atoms with Crippen molar-refractivity contribution in [2.24, 2.45) is 11.8 Å². The molecule has 51 heavy (non-hydrogen) atoms. The van der Waals surface area contributed by atoms with Crippen LogP contribution in [0.2, 0.25) is 0 Å². The summed E-state index contributed by atoms with van der Waals surface area (Å²) in [6.07, 6.45) is -5.79. The molecule has 2 saturated carbocycles. The molecule has 0 amide bonds. The first kappa shape index (κ1) is 41.5. The monoisotopic (exact) mass is 886 g/mol. The van der Waals surface area contributed by atoms with Gasteiger partial charge in [0, 0.05) is 16.1 Å². The minimum Gasteiger partial charge on any atom is -0.490 e. The summed E-state index contributed by atoms with van der Waals surface area (Å²) < 4.78 is 94.1. The lowest BCUT2D eigenvalue weighted by Gasteiger charge is -2.30. The number of ether oxygens (including phenoxy) is 3. The van der Waals surface area contributed by atoms with Crippen molar-refractivity contribution in [3.63, 3.8) is 0 Å². The lowest BCUT2D eigenvalue weighted by molar-refractivity contribution is -0.186. The number of benzene rings is 4. The van der Waals surface area contributed by atoms with E-state index in [4.69, 9.17) is 32.7 Å². The molecule has 0 spiro atoms. The Morgan fingerprint density at radius 3 is 1.65 bits per heavy atom. The van der Waals surface area contributed by atoms with Gasteiger partial charge in [-0.05, 0) is 115 Å². The van der Waals surface area contributed by atoms with Crippen LogP contribution in [0, 0.1) is 11.8 Å². The number of methoxy groups -OCH3 is 1. The third-order valence-corrected chi connectivity index (χ3v) is 10.3. The number of halogens is 10. The largest absolute Gasteiger partial charge is 0.490 e. The molecular formula is C37H36Br2Cl2F6O4. The first-order valence-corrected chi connectivity index (χ1v) is 18.7. The van der Waals surface area contributed by atoms with E-state index in [-0.39, 0.29) is 37.9 Å². The van der Waals surface area contributed by atoms with E-state index in [1.54, 1.807) is 6.07 Å². The van der Waals surface area contributed by atoms with Gasteiger partial charge in [0.05, 0.1) is 29.6 Å². The molecule has 0 saturated heterocycles. The standard InChI is InChI=1S/C18H16BrF3O2.C17H16BrF3O.C2H4Cl2O/c19-13-5-1-11-2-8-17(16(10-23)15(11)9-13)24-14-6-3-12(4-7-14)18(20,21)22;18-14-5-1-11-2-6-16(10-12(11)9-14)22-15-7-3-13(4-8-15)17(19,20)21;1-5-2(3)4/h1-2,5,8-10,12,14H,3-4,6-7H2;1-2,5-6,9-10,13,15H,3-4,7-8H2;2H,1H3. The van der Waals surface area contributed by atoms with Crippen molar-refractivity contribution in [2.75, 3.05) is 7.11 Å². The van der Waals surface area contributed by atoms with Gasteiger partial charge in [-0.15, -0.1) is 0 Å². The zero-order valence-electron chi connectivity index (χ0n) is 27.4. The highest BCUT2D eigenvalue weighted by Gasteiger charge is 2.42. The molecule has 4 aromatic rings. The number of fused-ring (bicyclic) bond motifs is 2. The van der Waals surface area contributed by atoms with E-state index in [2.05, 4.69) is 36.6 Å². The fourth-order valence-electron chi connectivity index (χ4n) is 6.18. The number of aldehydes is 1. The summed E-state index contributed by atoms with van der Waals surface area (Å²) in [6, 6.07) is 21.0. The normalized spacial score (nSPS) is 20.9. The topological polar surface area (TPSA) is 44.8 Å². The van der Waals surface area contributed by atoms with Gasteiger partial charge in [0.25, 0.3) is 0 Å². The van der Waals surface area contributed by atoms with Crippen molar-refractivity contribution < 1.29 is 45.3 Å². The maximum Gasteiger partial charge on any atom is 0.391 e. The van der Waals surface area contributed by atoms with Gasteiger partial charge >= 0.3 is 12.4 Å². The predicted molar refractivity (Wildman–Crippen MR) is 196 cm³/mol. The summed E-state index contributed by atoms with van der Waals surface area (Å²) in [4.78, 5) is 11.5. The minimum absolute atomic E-state index is 0.0731. The lowest BCUT2D eigenvalue weighted by Crippen LogP contribution is -2.32. The Morgan fingerprint density at radius 1 is 0.667 bits per heavy atom. The zero-order valence-corrected chi connectivity index (χ0v) is 32.1. The van der Waals surface area contributed by atoms with Gasteiger partial charge < -0.3 is 14.2 Å². The van der Waals surface area contributed by atoms with E-state index >= 15 is 0 Å². The van der Waals surface area contributed by atoms with Crippen LogP contribution >= 0.6 is 55.1 Å². The van der Waals surface area contributed by atoms with E-state index in [9.17, 15) is 31.1 Å². The highest BCUT2D eigenvalue weighted by Crippen LogP contribution is 2.40. The molecule has 2 fully saturated rings. The van der Waals surface area contributed by atoms with Crippen LogP contribution in [0.25, 0.3) is 21.5 Å². The van der Waals surface area contributed by atoms with Gasteiger partial charge in [-0.25, -0.2) is 0 Å². The number of rotatable bonds is 6. The maximum absolute atomic E-state index is 12.7. The summed E-state index contributed by atoms with van der Waals surface area (Å²) in [7, 11) is 1.44. The molecule has 0 aromatic heterocycles. The number of hydrogen-bond donors (Lipinski definition) is 0. The molecule has 0 unspecified atom stereocenters. The highest BCUT2D eigenvalue weighted by atomic mass is 79.9. The molecule has 0 aliphatic heterocycles. The van der Waals surface area contributed by atoms with Crippen LogP contribution in [0.4, 0.5) is 26.3 Å². The smallest absolute Gasteiger partial charge is 0.391 e. The number of carbonyl (C=O) groups is 1. The molecule has 0 heterocycles. The van der Waals surface area contributed by atoms with Crippen LogP contribution in [0.15, 0.2) is 75.7 Å². The summed E-state index contributed by atoms with van der Waals surface area (Å²) in [5.74, 6) is -1.25. The summed E-state index contributed by atoms with van der Waals surface area (Å²) >= 11 is 16.8. The number of alkyl halides is 8. The molecule has 0 N–H and O–H groups in total. The maximum atomic E-state index is 12.7. The van der Waals surface area contributed by atoms with Crippen molar-refractivity contribution >= 4 is 82.9 Å². The fourth-order valence-corrected chi connectivity index (χ4v) is 6.92. The molecule has 0 atom stereocenters. The Labute approximate surface area is 319 Å².